The molecule has 1 aromatic heterocycles. The van der Waals surface area contributed by atoms with E-state index < -0.39 is 11.6 Å². The Morgan fingerprint density at radius 2 is 1.85 bits per heavy atom. The van der Waals surface area contributed by atoms with E-state index in [1.807, 2.05) is 13.8 Å². The molecule has 8 heteroatoms. The number of rotatable bonds is 7. The monoisotopic (exact) mass is 494 g/mol. The summed E-state index contributed by atoms with van der Waals surface area (Å²) in [4.78, 5) is 10.2. The minimum Gasteiger partial charge on any atom is -0.357 e. The van der Waals surface area contributed by atoms with Crippen molar-refractivity contribution in [2.45, 2.75) is 33.6 Å². The lowest BCUT2D eigenvalue weighted by Gasteiger charge is -2.11. The fourth-order valence-corrected chi connectivity index (χ4v) is 3.25. The molecule has 0 atom stereocenters. The molecule has 1 heterocycles. The summed E-state index contributed by atoms with van der Waals surface area (Å²) in [5, 5.41) is 7.32. The van der Waals surface area contributed by atoms with Crippen molar-refractivity contribution in [3.8, 4) is 0 Å². The van der Waals surface area contributed by atoms with Gasteiger partial charge in [0.1, 0.15) is 11.6 Å². The molecule has 4 nitrogen and oxygen atoms in total. The van der Waals surface area contributed by atoms with Crippen molar-refractivity contribution < 1.29 is 8.78 Å². The first-order valence-electron chi connectivity index (χ1n) is 8.39. The van der Waals surface area contributed by atoms with Crippen molar-refractivity contribution in [3.05, 3.63) is 51.0 Å². The Morgan fingerprint density at radius 1 is 1.15 bits per heavy atom. The van der Waals surface area contributed by atoms with Crippen LogP contribution in [0.2, 0.25) is 0 Å². The first-order chi connectivity index (χ1) is 12.0. The molecular formula is C18H25F2IN4S. The average molecular weight is 494 g/mol. The molecule has 0 saturated carbocycles. The Balaban J connectivity index is 0.00000338. The molecule has 0 aliphatic carbocycles. The van der Waals surface area contributed by atoms with Crippen LogP contribution in [-0.4, -0.2) is 30.6 Å². The third-order valence-corrected chi connectivity index (χ3v) is 4.87. The molecule has 0 saturated heterocycles. The number of aliphatic imine (C=N–C) groups is 1. The van der Waals surface area contributed by atoms with Gasteiger partial charge in [0, 0.05) is 36.5 Å². The van der Waals surface area contributed by atoms with Crippen LogP contribution >= 0.6 is 35.3 Å². The quantitative estimate of drug-likeness (QED) is 0.348. The van der Waals surface area contributed by atoms with Crippen molar-refractivity contribution in [1.82, 2.24) is 15.6 Å². The molecule has 2 aromatic rings. The number of nitrogens with zero attached hydrogens (tertiary/aromatic N) is 2. The Morgan fingerprint density at radius 3 is 2.42 bits per heavy atom. The fourth-order valence-electron chi connectivity index (χ4n) is 2.33. The second-order valence-corrected chi connectivity index (χ2v) is 6.92. The maximum Gasteiger partial charge on any atom is 0.191 e. The van der Waals surface area contributed by atoms with E-state index in [2.05, 4.69) is 27.5 Å². The maximum absolute atomic E-state index is 13.6. The van der Waals surface area contributed by atoms with E-state index in [0.717, 1.165) is 23.7 Å². The number of benzene rings is 1. The molecule has 144 valence electrons. The molecule has 0 bridgehead atoms. The van der Waals surface area contributed by atoms with E-state index >= 15 is 0 Å². The van der Waals surface area contributed by atoms with Crippen LogP contribution in [0.15, 0.2) is 23.2 Å². The van der Waals surface area contributed by atoms with Gasteiger partial charge in [-0.15, -0.1) is 35.3 Å². The van der Waals surface area contributed by atoms with E-state index in [9.17, 15) is 8.78 Å². The second-order valence-electron chi connectivity index (χ2n) is 5.64. The lowest BCUT2D eigenvalue weighted by atomic mass is 10.1. The standard InChI is InChI=1S/C18H24F2N4S.HI/c1-4-21-18(23-11-9-17-24-12(2)13(3)25-17)22-10-8-14-15(19)6-5-7-16(14)20;/h5-7H,4,8-11H2,1-3H3,(H2,21,22,23);1H. The Labute approximate surface area is 174 Å². The predicted molar refractivity (Wildman–Crippen MR) is 115 cm³/mol. The summed E-state index contributed by atoms with van der Waals surface area (Å²) < 4.78 is 27.3. The number of aryl methyl sites for hydroxylation is 2. The van der Waals surface area contributed by atoms with Crippen molar-refractivity contribution in [2.75, 3.05) is 19.6 Å². The van der Waals surface area contributed by atoms with Gasteiger partial charge < -0.3 is 10.6 Å². The van der Waals surface area contributed by atoms with Gasteiger partial charge in [0.2, 0.25) is 0 Å². The van der Waals surface area contributed by atoms with Gasteiger partial charge >= 0.3 is 0 Å². The first-order valence-corrected chi connectivity index (χ1v) is 9.21. The Hall–Kier alpha value is -1.29. The fraction of sp³-hybridized carbons (Fsp3) is 0.444. The van der Waals surface area contributed by atoms with Crippen molar-refractivity contribution in [3.63, 3.8) is 0 Å². The van der Waals surface area contributed by atoms with Crippen LogP contribution in [0.5, 0.6) is 0 Å². The molecule has 26 heavy (non-hydrogen) atoms. The van der Waals surface area contributed by atoms with Crippen LogP contribution in [0.3, 0.4) is 0 Å². The third kappa shape index (κ3) is 6.79. The smallest absolute Gasteiger partial charge is 0.191 e. The molecule has 1 aromatic carbocycles. The third-order valence-electron chi connectivity index (χ3n) is 3.74. The van der Waals surface area contributed by atoms with Gasteiger partial charge in [-0.3, -0.25) is 4.99 Å². The summed E-state index contributed by atoms with van der Waals surface area (Å²) in [5.41, 5.74) is 1.17. The van der Waals surface area contributed by atoms with E-state index in [4.69, 9.17) is 0 Å². The van der Waals surface area contributed by atoms with Crippen LogP contribution in [-0.2, 0) is 12.8 Å². The summed E-state index contributed by atoms with van der Waals surface area (Å²) in [6.07, 6.45) is 1.03. The lowest BCUT2D eigenvalue weighted by Crippen LogP contribution is -2.38. The number of hydrogen-bond acceptors (Lipinski definition) is 3. The lowest BCUT2D eigenvalue weighted by molar-refractivity contribution is 0.553. The highest BCUT2D eigenvalue weighted by molar-refractivity contribution is 14.0. The molecule has 0 spiro atoms. The van der Waals surface area contributed by atoms with Gasteiger partial charge in [-0.25, -0.2) is 13.8 Å². The van der Waals surface area contributed by atoms with Crippen LogP contribution in [0, 0.1) is 25.5 Å². The van der Waals surface area contributed by atoms with Gasteiger partial charge in [-0.1, -0.05) is 6.07 Å². The summed E-state index contributed by atoms with van der Waals surface area (Å²) in [6, 6.07) is 3.92. The first kappa shape index (κ1) is 22.8. The molecule has 0 aliphatic heterocycles. The highest BCUT2D eigenvalue weighted by atomic mass is 127. The number of halogens is 3. The van der Waals surface area contributed by atoms with E-state index in [-0.39, 0.29) is 36.0 Å². The molecule has 2 N–H and O–H groups in total. The van der Waals surface area contributed by atoms with Gasteiger partial charge in [0.25, 0.3) is 0 Å². The van der Waals surface area contributed by atoms with Crippen LogP contribution in [0.1, 0.15) is 28.1 Å². The summed E-state index contributed by atoms with van der Waals surface area (Å²) in [7, 11) is 0. The maximum atomic E-state index is 13.6. The van der Waals surface area contributed by atoms with Gasteiger partial charge in [0.15, 0.2) is 5.96 Å². The van der Waals surface area contributed by atoms with E-state index in [1.54, 1.807) is 11.3 Å². The molecule has 2 rings (SSSR count). The number of thiazole rings is 1. The molecule has 0 unspecified atom stereocenters. The number of guanidine groups is 1. The highest BCUT2D eigenvalue weighted by Gasteiger charge is 2.08. The Bertz CT molecular complexity index is 694. The minimum atomic E-state index is -0.516. The predicted octanol–water partition coefficient (Wildman–Crippen LogP) is 4.00. The average Bonchev–Trinajstić information content (AvgIpc) is 2.88. The number of nitrogens with one attached hydrogen (secondary N) is 2. The van der Waals surface area contributed by atoms with Gasteiger partial charge in [0.05, 0.1) is 10.7 Å². The summed E-state index contributed by atoms with van der Waals surface area (Å²) >= 11 is 1.69. The summed E-state index contributed by atoms with van der Waals surface area (Å²) in [5.74, 6) is -0.388. The molecule has 0 amide bonds. The van der Waals surface area contributed by atoms with Crippen LogP contribution < -0.4 is 10.6 Å². The molecule has 0 aliphatic rings. The molecule has 0 radical (unpaired) electrons. The van der Waals surface area contributed by atoms with Crippen LogP contribution in [0.4, 0.5) is 8.78 Å². The van der Waals surface area contributed by atoms with E-state index in [1.165, 1.54) is 23.1 Å². The zero-order valence-electron chi connectivity index (χ0n) is 15.2. The van der Waals surface area contributed by atoms with Crippen LogP contribution in [0.25, 0.3) is 0 Å². The van der Waals surface area contributed by atoms with Crippen molar-refractivity contribution in [2.24, 2.45) is 4.99 Å². The second kappa shape index (κ2) is 11.4. The van der Waals surface area contributed by atoms with E-state index in [0.29, 0.717) is 19.0 Å². The zero-order chi connectivity index (χ0) is 18.2. The minimum absolute atomic E-state index is 0. The summed E-state index contributed by atoms with van der Waals surface area (Å²) in [6.45, 7) is 7.77. The number of hydrogen-bond donors (Lipinski definition) is 2. The SMILES string of the molecule is CCNC(=NCCc1nc(C)c(C)s1)NCCc1c(F)cccc1F.I. The number of aromatic nitrogens is 1. The molecular weight excluding hydrogens is 469 g/mol. The van der Waals surface area contributed by atoms with Crippen molar-refractivity contribution >= 4 is 41.3 Å². The normalized spacial score (nSPS) is 11.2. The topological polar surface area (TPSA) is 49.3 Å². The molecule has 0 fully saturated rings. The highest BCUT2D eigenvalue weighted by Crippen LogP contribution is 2.16. The Kier molecular flexibility index (Phi) is 10.0. The van der Waals surface area contributed by atoms with Gasteiger partial charge in [-0.05, 0) is 39.3 Å². The zero-order valence-corrected chi connectivity index (χ0v) is 18.4. The van der Waals surface area contributed by atoms with Crippen molar-refractivity contribution in [1.29, 1.82) is 0 Å². The van der Waals surface area contributed by atoms with Gasteiger partial charge in [-0.2, -0.15) is 0 Å². The largest absolute Gasteiger partial charge is 0.357 e.